The molecule has 1 atom stereocenters. The predicted octanol–water partition coefficient (Wildman–Crippen LogP) is 2.76. The molecule has 30 heavy (non-hydrogen) atoms. The normalized spacial score (nSPS) is 16.6. The third-order valence-electron chi connectivity index (χ3n) is 5.45. The zero-order chi connectivity index (χ0) is 21.3. The molecule has 1 fully saturated rings. The first-order valence-corrected chi connectivity index (χ1v) is 10.0. The van der Waals surface area contributed by atoms with Crippen molar-refractivity contribution in [1.82, 2.24) is 5.43 Å². The summed E-state index contributed by atoms with van der Waals surface area (Å²) in [5, 5.41) is 1.17. The maximum atomic E-state index is 12.7. The molecule has 0 spiro atoms. The van der Waals surface area contributed by atoms with Crippen molar-refractivity contribution in [2.45, 2.75) is 45.1 Å². The summed E-state index contributed by atoms with van der Waals surface area (Å²) in [6.07, 6.45) is 2.49. The van der Waals surface area contributed by atoms with Crippen LogP contribution in [0.3, 0.4) is 0 Å². The summed E-state index contributed by atoms with van der Waals surface area (Å²) in [7, 11) is 0. The van der Waals surface area contributed by atoms with Crippen molar-refractivity contribution in [3.63, 3.8) is 0 Å². The largest absolute Gasteiger partial charge is 0.451 e. The van der Waals surface area contributed by atoms with Gasteiger partial charge in [0.05, 0.1) is 11.3 Å². The molecule has 1 aliphatic carbocycles. The second-order valence-corrected chi connectivity index (χ2v) is 7.56. The summed E-state index contributed by atoms with van der Waals surface area (Å²) in [6, 6.07) is 11.8. The van der Waals surface area contributed by atoms with E-state index in [1.807, 2.05) is 12.1 Å². The Morgan fingerprint density at radius 3 is 2.40 bits per heavy atom. The van der Waals surface area contributed by atoms with Crippen molar-refractivity contribution in [3.8, 4) is 0 Å². The molecular weight excluding hydrogens is 384 g/mol. The van der Waals surface area contributed by atoms with E-state index in [1.165, 1.54) is 28.3 Å². The average Bonchev–Trinajstić information content (AvgIpc) is 3.23. The molecule has 1 unspecified atom stereocenters. The molecule has 0 radical (unpaired) electrons. The van der Waals surface area contributed by atoms with E-state index >= 15 is 0 Å². The van der Waals surface area contributed by atoms with Gasteiger partial charge >= 0.3 is 5.97 Å². The van der Waals surface area contributed by atoms with Gasteiger partial charge in [0, 0.05) is 18.4 Å². The van der Waals surface area contributed by atoms with Gasteiger partial charge in [0.15, 0.2) is 6.10 Å². The summed E-state index contributed by atoms with van der Waals surface area (Å²) in [6.45, 7) is 1.56. The molecule has 1 N–H and O–H groups in total. The van der Waals surface area contributed by atoms with Crippen LogP contribution in [0.1, 0.15) is 58.0 Å². The highest BCUT2D eigenvalue weighted by Crippen LogP contribution is 2.24. The molecule has 0 aromatic heterocycles. The molecule has 1 aliphatic heterocycles. The minimum absolute atomic E-state index is 0.137. The Hall–Kier alpha value is -3.48. The van der Waals surface area contributed by atoms with Crippen LogP contribution in [0.2, 0.25) is 0 Å². The number of nitrogens with one attached hydrogen (secondary N) is 1. The molecule has 7 nitrogen and oxygen atoms in total. The Morgan fingerprint density at radius 1 is 0.933 bits per heavy atom. The summed E-state index contributed by atoms with van der Waals surface area (Å²) in [5.41, 5.74) is 6.22. The molecule has 2 aliphatic rings. The standard InChI is InChI=1S/C23H22N2O5/c1-14(22(28)18-6-5-15-3-2-4-17(15)13-18)30-23(29)16-7-9-19(10-8-16)25-21(27)12-11-20(26)24-25/h5-10,13-14H,2-4,11-12H2,1H3,(H,24,26). The first kappa shape index (κ1) is 19.8. The smallest absolute Gasteiger partial charge is 0.338 e. The van der Waals surface area contributed by atoms with E-state index in [2.05, 4.69) is 5.43 Å². The SMILES string of the molecule is CC(OC(=O)c1ccc(N2NC(=O)CCC2=O)cc1)C(=O)c1ccc2c(c1)CCC2. The van der Waals surface area contributed by atoms with Gasteiger partial charge in [-0.05, 0) is 67.6 Å². The molecule has 1 heterocycles. The van der Waals surface area contributed by atoms with Gasteiger partial charge in [0.25, 0.3) is 0 Å². The third-order valence-corrected chi connectivity index (χ3v) is 5.45. The topological polar surface area (TPSA) is 92.8 Å². The minimum atomic E-state index is -0.917. The number of fused-ring (bicyclic) bond motifs is 1. The Bertz CT molecular complexity index is 1030. The van der Waals surface area contributed by atoms with Crippen LogP contribution in [0, 0.1) is 0 Å². The minimum Gasteiger partial charge on any atom is -0.451 e. The number of nitrogens with zero attached hydrogens (tertiary/aromatic N) is 1. The molecule has 0 saturated carbocycles. The number of hydrogen-bond donors (Lipinski definition) is 1. The van der Waals surface area contributed by atoms with E-state index in [0.717, 1.165) is 19.3 Å². The van der Waals surface area contributed by atoms with Crippen molar-refractivity contribution in [1.29, 1.82) is 0 Å². The van der Waals surface area contributed by atoms with Crippen LogP contribution in [0.15, 0.2) is 42.5 Å². The number of hydrazine groups is 1. The molecule has 2 aromatic rings. The number of esters is 1. The van der Waals surface area contributed by atoms with Crippen LogP contribution in [0.5, 0.6) is 0 Å². The van der Waals surface area contributed by atoms with Gasteiger partial charge in [-0.25, -0.2) is 9.80 Å². The van der Waals surface area contributed by atoms with Crippen molar-refractivity contribution in [2.24, 2.45) is 0 Å². The summed E-state index contributed by atoms with van der Waals surface area (Å²) < 4.78 is 5.36. The number of amides is 2. The number of ether oxygens (including phenoxy) is 1. The number of ketones is 1. The van der Waals surface area contributed by atoms with Gasteiger partial charge in [-0.2, -0.15) is 0 Å². The molecule has 154 valence electrons. The Labute approximate surface area is 174 Å². The summed E-state index contributed by atoms with van der Waals surface area (Å²) in [4.78, 5) is 48.6. The molecule has 0 bridgehead atoms. The van der Waals surface area contributed by atoms with Gasteiger partial charge in [-0.3, -0.25) is 19.8 Å². The Balaban J connectivity index is 1.41. The number of anilines is 1. The van der Waals surface area contributed by atoms with Crippen LogP contribution in [0.4, 0.5) is 5.69 Å². The summed E-state index contributed by atoms with van der Waals surface area (Å²) in [5.74, 6) is -1.33. The molecule has 7 heteroatoms. The van der Waals surface area contributed by atoms with Crippen molar-refractivity contribution >= 4 is 29.3 Å². The second kappa shape index (κ2) is 8.10. The number of aryl methyl sites for hydroxylation is 2. The fourth-order valence-corrected chi connectivity index (χ4v) is 3.77. The van der Waals surface area contributed by atoms with Gasteiger partial charge < -0.3 is 4.74 Å². The number of hydrogen-bond acceptors (Lipinski definition) is 5. The zero-order valence-corrected chi connectivity index (χ0v) is 16.6. The van der Waals surface area contributed by atoms with E-state index in [0.29, 0.717) is 11.3 Å². The van der Waals surface area contributed by atoms with E-state index in [9.17, 15) is 19.2 Å². The Kier molecular flexibility index (Phi) is 5.35. The number of carbonyl (C=O) groups excluding carboxylic acids is 4. The van der Waals surface area contributed by atoms with Crippen LogP contribution in [-0.2, 0) is 27.2 Å². The maximum Gasteiger partial charge on any atom is 0.338 e. The highest BCUT2D eigenvalue weighted by Gasteiger charge is 2.25. The zero-order valence-electron chi connectivity index (χ0n) is 16.6. The fourth-order valence-electron chi connectivity index (χ4n) is 3.77. The van der Waals surface area contributed by atoms with E-state index in [1.54, 1.807) is 25.1 Å². The number of rotatable bonds is 5. The van der Waals surface area contributed by atoms with Crippen molar-refractivity contribution in [2.75, 3.05) is 5.01 Å². The lowest BCUT2D eigenvalue weighted by Crippen LogP contribution is -2.50. The molecule has 2 aromatic carbocycles. The molecule has 2 amide bonds. The quantitative estimate of drug-likeness (QED) is 0.609. The lowest BCUT2D eigenvalue weighted by molar-refractivity contribution is -0.130. The van der Waals surface area contributed by atoms with Crippen molar-refractivity contribution in [3.05, 3.63) is 64.7 Å². The van der Waals surface area contributed by atoms with Gasteiger partial charge in [-0.15, -0.1) is 0 Å². The maximum absolute atomic E-state index is 12.7. The lowest BCUT2D eigenvalue weighted by Gasteiger charge is -2.27. The first-order chi connectivity index (χ1) is 14.4. The van der Waals surface area contributed by atoms with E-state index < -0.39 is 12.1 Å². The Morgan fingerprint density at radius 2 is 1.63 bits per heavy atom. The number of carbonyl (C=O) groups is 4. The first-order valence-electron chi connectivity index (χ1n) is 10.0. The monoisotopic (exact) mass is 406 g/mol. The second-order valence-electron chi connectivity index (χ2n) is 7.56. The van der Waals surface area contributed by atoms with E-state index in [-0.39, 0.29) is 36.0 Å². The van der Waals surface area contributed by atoms with Crippen LogP contribution in [0.25, 0.3) is 0 Å². The highest BCUT2D eigenvalue weighted by molar-refractivity contribution is 6.03. The van der Waals surface area contributed by atoms with Crippen LogP contribution >= 0.6 is 0 Å². The lowest BCUT2D eigenvalue weighted by atomic mass is 10.0. The fraction of sp³-hybridized carbons (Fsp3) is 0.304. The van der Waals surface area contributed by atoms with E-state index in [4.69, 9.17) is 4.74 Å². The van der Waals surface area contributed by atoms with Gasteiger partial charge in [-0.1, -0.05) is 12.1 Å². The van der Waals surface area contributed by atoms with Crippen LogP contribution in [-0.4, -0.2) is 29.7 Å². The summed E-state index contributed by atoms with van der Waals surface area (Å²) >= 11 is 0. The third kappa shape index (κ3) is 3.96. The molecular formula is C23H22N2O5. The number of Topliss-reactive ketones (excluding diaryl/α,β-unsaturated/α-hetero) is 1. The van der Waals surface area contributed by atoms with Gasteiger partial charge in [0.1, 0.15) is 0 Å². The molecule has 4 rings (SSSR count). The average molecular weight is 406 g/mol. The molecule has 1 saturated heterocycles. The predicted molar refractivity (Wildman–Crippen MR) is 109 cm³/mol. The number of benzene rings is 2. The van der Waals surface area contributed by atoms with Crippen molar-refractivity contribution < 1.29 is 23.9 Å². The van der Waals surface area contributed by atoms with Crippen LogP contribution < -0.4 is 10.4 Å². The highest BCUT2D eigenvalue weighted by atomic mass is 16.5. The van der Waals surface area contributed by atoms with Gasteiger partial charge in [0.2, 0.25) is 17.6 Å².